The van der Waals surface area contributed by atoms with Crippen LogP contribution in [0.4, 0.5) is 5.69 Å². The number of aromatic hydroxyl groups is 1. The number of hydrogen-bond donors (Lipinski definition) is 6. The number of aliphatic hydroxyl groups excluding tert-OH is 1. The molecule has 3 fully saturated rings. The number of piperidine rings is 1. The summed E-state index contributed by atoms with van der Waals surface area (Å²) >= 11 is 0. The zero-order valence-electron chi connectivity index (χ0n) is 41.5. The third kappa shape index (κ3) is 6.46. The molecule has 5 aliphatic heterocycles. The van der Waals surface area contributed by atoms with Gasteiger partial charge in [0, 0.05) is 90.4 Å². The van der Waals surface area contributed by atoms with Crippen LogP contribution in [0.15, 0.2) is 72.8 Å². The average molecular weight is 960 g/mol. The molecule has 10 rings (SSSR count). The number of hydrogen-bond acceptors (Lipinski definition) is 13. The van der Waals surface area contributed by atoms with Crippen molar-refractivity contribution in [2.75, 3.05) is 65.5 Å². The van der Waals surface area contributed by atoms with E-state index in [-0.39, 0.29) is 31.1 Å². The van der Waals surface area contributed by atoms with Crippen molar-refractivity contribution >= 4 is 34.4 Å². The molecule has 1 spiro atoms. The van der Waals surface area contributed by atoms with Gasteiger partial charge in [0.2, 0.25) is 0 Å². The molecule has 1 amide bonds. The number of carbonyl (C=O) groups excluding carboxylic acids is 3. The Morgan fingerprint density at radius 1 is 0.971 bits per heavy atom. The predicted molar refractivity (Wildman–Crippen MR) is 264 cm³/mol. The molecule has 1 aromatic heterocycles. The Balaban J connectivity index is 1.22. The Labute approximate surface area is 409 Å². The number of aliphatic hydroxyl groups is 3. The quantitative estimate of drug-likeness (QED) is 0.0901. The number of methoxy groups -OCH3 is 2. The number of esters is 2. The fourth-order valence-electron chi connectivity index (χ4n) is 15.0. The zero-order valence-corrected chi connectivity index (χ0v) is 41.5. The van der Waals surface area contributed by atoms with Crippen molar-refractivity contribution in [1.82, 2.24) is 20.1 Å². The molecule has 374 valence electrons. The Hall–Kier alpha value is -5.45. The Morgan fingerprint density at radius 2 is 1.73 bits per heavy atom. The first kappa shape index (κ1) is 48.2. The highest BCUT2D eigenvalue weighted by molar-refractivity contribution is 5.97. The van der Waals surface area contributed by atoms with Gasteiger partial charge in [-0.2, -0.15) is 0 Å². The third-order valence-electron chi connectivity index (χ3n) is 18.3. The molecule has 11 atom stereocenters. The van der Waals surface area contributed by atoms with Gasteiger partial charge in [-0.3, -0.25) is 19.4 Å². The number of para-hydroxylation sites is 1. The van der Waals surface area contributed by atoms with Crippen LogP contribution in [0, 0.1) is 11.3 Å². The number of anilines is 1. The van der Waals surface area contributed by atoms with Gasteiger partial charge >= 0.3 is 11.9 Å². The van der Waals surface area contributed by atoms with Gasteiger partial charge in [-0.1, -0.05) is 56.3 Å². The van der Waals surface area contributed by atoms with E-state index in [0.717, 1.165) is 22.0 Å². The van der Waals surface area contributed by atoms with Gasteiger partial charge in [0.05, 0.1) is 32.0 Å². The summed E-state index contributed by atoms with van der Waals surface area (Å²) in [4.78, 5) is 55.5. The molecule has 2 saturated heterocycles. The number of ether oxygens (including phenoxy) is 3. The number of aromatic nitrogens is 1. The Kier molecular flexibility index (Phi) is 11.8. The van der Waals surface area contributed by atoms with Crippen LogP contribution < -0.4 is 15.0 Å². The molecule has 0 radical (unpaired) electrons. The van der Waals surface area contributed by atoms with Crippen molar-refractivity contribution < 1.29 is 49.0 Å². The molecule has 1 unspecified atom stereocenters. The van der Waals surface area contributed by atoms with Gasteiger partial charge in [-0.25, -0.2) is 4.79 Å². The van der Waals surface area contributed by atoms with Gasteiger partial charge in [0.15, 0.2) is 5.60 Å². The molecular weight excluding hydrogens is 891 g/mol. The molecule has 1 aliphatic carbocycles. The number of nitrogens with one attached hydrogen (secondary N) is 2. The molecule has 6 heterocycles. The Bertz CT molecular complexity index is 2760. The summed E-state index contributed by atoms with van der Waals surface area (Å²) in [5, 5.41) is 53.3. The molecule has 6 N–H and O–H groups in total. The third-order valence-corrected chi connectivity index (χ3v) is 18.3. The lowest BCUT2D eigenvalue weighted by Crippen LogP contribution is -2.87. The number of carbonyl (C=O) groups is 3. The molecule has 70 heavy (non-hydrogen) atoms. The molecule has 15 nitrogen and oxygen atoms in total. The standard InChI is InChI=1S/C55H69N5O10/c1-8-51(66)29-34-30-53(49(65)69-7,44-37(20-24-59(31-34)32-51)36-14-11-12-15-40(36)56-44)39-27-38-42(28-43(39)68-6)58(5)50(4)54(38)22-25-60-23-13-21-52(9-2,46(54)60)47(63)55(50,67)48(64)57-41(45(62)70-10-3)26-33-16-18-35(61)19-17-33/h11-19,21,27-28,34,41,46-47,56,61,63,66-67H,8-10,20,22-26,29-32H2,1-7H3,(H,57,64)/t34-,41-,46-,47+,50+,51-,52+,53-,54+,55-/m0/s1. The first-order chi connectivity index (χ1) is 33.5. The number of likely N-dealkylation sites (N-methyl/N-ethyl adjacent to an activating group) is 1. The number of fused-ring (bicyclic) bond motifs is 6. The van der Waals surface area contributed by atoms with E-state index in [9.17, 15) is 25.2 Å². The maximum atomic E-state index is 15.7. The second kappa shape index (κ2) is 17.1. The largest absolute Gasteiger partial charge is 0.508 e. The second-order valence-corrected chi connectivity index (χ2v) is 21.3. The van der Waals surface area contributed by atoms with Crippen molar-refractivity contribution in [2.24, 2.45) is 11.3 Å². The first-order valence-corrected chi connectivity index (χ1v) is 25.1. The SMILES string of the molecule is CCOC(=O)[C@H](Cc1ccc(O)cc1)NC(=O)[C@@]1(O)[C@H](O)[C@]2(CC)C=CCN3CC[C@@]4(c5cc([C@@]6(C(=O)OC)C[C@H]7CN(CCc8c6[nH]c6ccccc86)C[C@](O)(CC)C7)c(OC)cc5N(C)[C@@]14C)[C@@H]32. The van der Waals surface area contributed by atoms with Crippen molar-refractivity contribution in [1.29, 1.82) is 0 Å². The van der Waals surface area contributed by atoms with Crippen LogP contribution in [0.3, 0.4) is 0 Å². The van der Waals surface area contributed by atoms with Gasteiger partial charge in [-0.05, 0) is 106 Å². The summed E-state index contributed by atoms with van der Waals surface area (Å²) in [7, 11) is 4.84. The van der Waals surface area contributed by atoms with Crippen LogP contribution in [0.5, 0.6) is 11.5 Å². The van der Waals surface area contributed by atoms with E-state index in [4.69, 9.17) is 14.2 Å². The van der Waals surface area contributed by atoms with Gasteiger partial charge in [0.25, 0.3) is 5.91 Å². The fourth-order valence-corrected chi connectivity index (χ4v) is 15.0. The van der Waals surface area contributed by atoms with Crippen LogP contribution in [-0.4, -0.2) is 149 Å². The normalized spacial score (nSPS) is 34.5. The summed E-state index contributed by atoms with van der Waals surface area (Å²) in [6, 6.07) is 16.7. The van der Waals surface area contributed by atoms with Gasteiger partial charge < -0.3 is 49.8 Å². The van der Waals surface area contributed by atoms with Crippen molar-refractivity contribution in [3.8, 4) is 11.5 Å². The maximum Gasteiger partial charge on any atom is 0.328 e. The topological polar surface area (TPSA) is 197 Å². The average Bonchev–Trinajstić information content (AvgIpc) is 4.01. The minimum absolute atomic E-state index is 0.00942. The molecular formula is C55H69N5O10. The number of amides is 1. The van der Waals surface area contributed by atoms with Gasteiger partial charge in [-0.15, -0.1) is 0 Å². The molecule has 2 bridgehead atoms. The highest BCUT2D eigenvalue weighted by Crippen LogP contribution is 2.71. The number of phenolic OH excluding ortho intramolecular Hbond substituents is 1. The summed E-state index contributed by atoms with van der Waals surface area (Å²) in [5.41, 5.74) is -3.66. The number of nitrogens with zero attached hydrogens (tertiary/aromatic N) is 3. The molecule has 4 aromatic rings. The summed E-state index contributed by atoms with van der Waals surface area (Å²) in [6.45, 7) is 10.6. The van der Waals surface area contributed by atoms with E-state index < -0.39 is 69.0 Å². The molecule has 1 saturated carbocycles. The fraction of sp³-hybridized carbons (Fsp3) is 0.545. The highest BCUT2D eigenvalue weighted by Gasteiger charge is 2.84. The van der Waals surface area contributed by atoms with Crippen molar-refractivity contribution in [2.45, 2.75) is 118 Å². The predicted octanol–water partition coefficient (Wildman–Crippen LogP) is 4.63. The number of H-pyrrole nitrogens is 1. The lowest BCUT2D eigenvalue weighted by Gasteiger charge is -2.68. The lowest BCUT2D eigenvalue weighted by molar-refractivity contribution is -0.224. The number of aromatic amines is 1. The van der Waals surface area contributed by atoms with E-state index in [1.807, 2.05) is 69.1 Å². The van der Waals surface area contributed by atoms with E-state index in [1.54, 1.807) is 26.2 Å². The summed E-state index contributed by atoms with van der Waals surface area (Å²) in [5.74, 6) is -1.81. The summed E-state index contributed by atoms with van der Waals surface area (Å²) < 4.78 is 18.0. The van der Waals surface area contributed by atoms with Gasteiger partial charge in [0.1, 0.15) is 29.1 Å². The Morgan fingerprint density at radius 3 is 2.43 bits per heavy atom. The molecule has 6 aliphatic rings. The van der Waals surface area contributed by atoms with E-state index in [1.165, 1.54) is 19.2 Å². The van der Waals surface area contributed by atoms with Crippen molar-refractivity contribution in [3.63, 3.8) is 0 Å². The first-order valence-electron chi connectivity index (χ1n) is 25.1. The van der Waals surface area contributed by atoms with Crippen LogP contribution in [-0.2, 0) is 47.5 Å². The number of benzene rings is 3. The van der Waals surface area contributed by atoms with Crippen LogP contribution in [0.25, 0.3) is 10.9 Å². The monoisotopic (exact) mass is 960 g/mol. The van der Waals surface area contributed by atoms with Crippen LogP contribution >= 0.6 is 0 Å². The molecule has 15 heteroatoms. The number of phenols is 1. The maximum absolute atomic E-state index is 15.7. The van der Waals surface area contributed by atoms with Crippen LogP contribution in [0.1, 0.15) is 87.7 Å². The minimum Gasteiger partial charge on any atom is -0.508 e. The number of rotatable bonds is 11. The molecule has 3 aromatic carbocycles. The minimum atomic E-state index is -2.59. The second-order valence-electron chi connectivity index (χ2n) is 21.3. The van der Waals surface area contributed by atoms with E-state index >= 15 is 9.59 Å². The van der Waals surface area contributed by atoms with Crippen molar-refractivity contribution in [3.05, 3.63) is 101 Å². The zero-order chi connectivity index (χ0) is 49.8. The van der Waals surface area contributed by atoms with E-state index in [2.05, 4.69) is 32.2 Å². The summed E-state index contributed by atoms with van der Waals surface area (Å²) in [6.07, 6.45) is 5.08. The van der Waals surface area contributed by atoms with Crippen LogP contribution in [0.2, 0.25) is 0 Å². The highest BCUT2D eigenvalue weighted by atomic mass is 16.5. The lowest BCUT2D eigenvalue weighted by atomic mass is 9.42. The van der Waals surface area contributed by atoms with E-state index in [0.29, 0.717) is 93.1 Å². The smallest absolute Gasteiger partial charge is 0.328 e.